The number of allylic oxidation sites excluding steroid dienone is 1. The minimum atomic E-state index is -0.236. The van der Waals surface area contributed by atoms with Crippen molar-refractivity contribution in [1.82, 2.24) is 5.53 Å². The van der Waals surface area contributed by atoms with Gasteiger partial charge in [-0.25, -0.2) is 0 Å². The number of carbonyl (C=O) groups excluding carboxylic acids is 1. The Morgan fingerprint density at radius 1 is 1.15 bits per heavy atom. The predicted molar refractivity (Wildman–Crippen MR) is 47.2 cm³/mol. The first-order chi connectivity index (χ1) is 6.33. The molecule has 3 nitrogen and oxygen atoms in total. The molecule has 1 aromatic rings. The highest BCUT2D eigenvalue weighted by Gasteiger charge is 2.26. The molecule has 0 N–H and O–H groups in total. The second kappa shape index (κ2) is 2.81. The summed E-state index contributed by atoms with van der Waals surface area (Å²) in [6.07, 6.45) is 3.26. The molecule has 0 atom stereocenters. The van der Waals surface area contributed by atoms with Crippen LogP contribution in [0.4, 0.5) is 0 Å². The maximum atomic E-state index is 11.5. The molecule has 1 aliphatic carbocycles. The molecular weight excluding hydrogens is 164 g/mol. The number of nitrogens with zero attached hydrogens (tertiary/aromatic N) is 2. The first-order valence-electron chi connectivity index (χ1n) is 3.87. The lowest BCUT2D eigenvalue weighted by molar-refractivity contribution is -0.0775. The number of carbonyl (C=O) groups is 1. The molecule has 61 valence electrons. The molecule has 0 spiro atoms. The fourth-order valence-corrected chi connectivity index (χ4v) is 1.31. The van der Waals surface area contributed by atoms with Gasteiger partial charge in [0.2, 0.25) is 0 Å². The molecule has 0 bridgehead atoms. The summed E-state index contributed by atoms with van der Waals surface area (Å²) in [5.74, 6) is -0.236. The quantitative estimate of drug-likeness (QED) is 0.419. The van der Waals surface area contributed by atoms with Crippen LogP contribution in [0.5, 0.6) is 0 Å². The molecule has 0 aliphatic heterocycles. The second-order valence-electron chi connectivity index (χ2n) is 2.73. The largest absolute Gasteiger partial charge is 0.415 e. The van der Waals surface area contributed by atoms with E-state index in [0.29, 0.717) is 5.56 Å². The first kappa shape index (κ1) is 7.65. The summed E-state index contributed by atoms with van der Waals surface area (Å²) in [7, 11) is 0. The highest BCUT2D eigenvalue weighted by atomic mass is 16.1. The third-order valence-electron chi connectivity index (χ3n) is 1.97. The molecule has 0 saturated heterocycles. The van der Waals surface area contributed by atoms with Gasteiger partial charge in [-0.05, 0) is 11.6 Å². The molecule has 0 unspecified atom stereocenters. The van der Waals surface area contributed by atoms with Gasteiger partial charge in [0.25, 0.3) is 5.78 Å². The summed E-state index contributed by atoms with van der Waals surface area (Å²) in [6.45, 7) is 0. The Labute approximate surface area is 74.9 Å². The van der Waals surface area contributed by atoms with E-state index in [4.69, 9.17) is 5.53 Å². The molecule has 1 aromatic carbocycles. The van der Waals surface area contributed by atoms with Crippen LogP contribution in [-0.2, 0) is 0 Å². The Hall–Kier alpha value is -1.99. The van der Waals surface area contributed by atoms with Crippen molar-refractivity contribution in [3.8, 4) is 0 Å². The molecule has 0 fully saturated rings. The van der Waals surface area contributed by atoms with E-state index in [1.54, 1.807) is 18.2 Å². The fourth-order valence-electron chi connectivity index (χ4n) is 1.31. The van der Waals surface area contributed by atoms with Gasteiger partial charge in [-0.1, -0.05) is 24.3 Å². The van der Waals surface area contributed by atoms with Crippen LogP contribution in [0, 0.1) is 0 Å². The number of benzene rings is 1. The van der Waals surface area contributed by atoms with Crippen LogP contribution in [0.3, 0.4) is 0 Å². The van der Waals surface area contributed by atoms with Gasteiger partial charge >= 0.3 is 11.2 Å². The zero-order valence-electron chi connectivity index (χ0n) is 6.77. The average Bonchev–Trinajstić information content (AvgIpc) is 2.19. The molecule has 1 aliphatic rings. The smallest absolute Gasteiger partial charge is 0.280 e. The van der Waals surface area contributed by atoms with Gasteiger partial charge in [0.05, 0.1) is 4.79 Å². The summed E-state index contributed by atoms with van der Waals surface area (Å²) in [5, 5.41) is 0. The van der Waals surface area contributed by atoms with Crippen molar-refractivity contribution in [2.45, 2.75) is 0 Å². The van der Waals surface area contributed by atoms with E-state index in [0.717, 1.165) is 5.56 Å². The van der Waals surface area contributed by atoms with Crippen molar-refractivity contribution >= 4 is 17.6 Å². The number of ketones is 1. The Balaban J connectivity index is 2.68. The van der Waals surface area contributed by atoms with Crippen molar-refractivity contribution in [3.05, 3.63) is 41.5 Å². The Morgan fingerprint density at radius 3 is 2.69 bits per heavy atom. The highest BCUT2D eigenvalue weighted by molar-refractivity contribution is 6.50. The Kier molecular flexibility index (Phi) is 1.65. The summed E-state index contributed by atoms with van der Waals surface area (Å²) in [6, 6.07) is 7.20. The molecular formula is C10H6N2O+. The number of rotatable bonds is 0. The SMILES string of the molecule is [N]=[N+]=C1C=Cc2ccccc2C1=O. The average molecular weight is 170 g/mol. The van der Waals surface area contributed by atoms with Crippen LogP contribution in [0.1, 0.15) is 15.9 Å². The standard InChI is InChI=1S/C10H6N2O/c11-12-9-6-5-7-3-1-2-4-8(7)10(9)13/h1-6H/q+1. The summed E-state index contributed by atoms with van der Waals surface area (Å²) in [5.41, 5.74) is 10.0. The predicted octanol–water partition coefficient (Wildman–Crippen LogP) is 0.798. The van der Waals surface area contributed by atoms with Crippen LogP contribution < -0.4 is 5.53 Å². The van der Waals surface area contributed by atoms with E-state index >= 15 is 0 Å². The van der Waals surface area contributed by atoms with Gasteiger partial charge < -0.3 is 0 Å². The lowest BCUT2D eigenvalue weighted by atomic mass is 9.95. The third-order valence-corrected chi connectivity index (χ3v) is 1.97. The van der Waals surface area contributed by atoms with Crippen molar-refractivity contribution in [3.63, 3.8) is 0 Å². The molecule has 2 rings (SSSR count). The van der Waals surface area contributed by atoms with E-state index in [9.17, 15) is 4.79 Å². The van der Waals surface area contributed by atoms with Crippen LogP contribution in [0.25, 0.3) is 6.08 Å². The summed E-state index contributed by atoms with van der Waals surface area (Å²) < 4.78 is 0. The van der Waals surface area contributed by atoms with Gasteiger partial charge in [-0.15, -0.1) is 0 Å². The maximum Gasteiger partial charge on any atom is 0.415 e. The van der Waals surface area contributed by atoms with Crippen LogP contribution in [0.15, 0.2) is 30.3 Å². The highest BCUT2D eigenvalue weighted by Crippen LogP contribution is 2.16. The molecule has 13 heavy (non-hydrogen) atoms. The normalized spacial score (nSPS) is 13.8. The summed E-state index contributed by atoms with van der Waals surface area (Å²) >= 11 is 0. The van der Waals surface area contributed by atoms with Gasteiger partial charge in [0.15, 0.2) is 0 Å². The first-order valence-corrected chi connectivity index (χ1v) is 3.87. The van der Waals surface area contributed by atoms with Crippen LogP contribution in [-0.4, -0.2) is 16.3 Å². The monoisotopic (exact) mass is 170 g/mol. The Morgan fingerprint density at radius 2 is 1.92 bits per heavy atom. The van der Waals surface area contributed by atoms with E-state index in [1.165, 1.54) is 6.08 Å². The number of Topliss-reactive ketones (excluding diaryl/α,β-unsaturated/α-hetero) is 1. The molecule has 0 aromatic heterocycles. The van der Waals surface area contributed by atoms with Crippen LogP contribution in [0.2, 0.25) is 0 Å². The third kappa shape index (κ3) is 1.11. The number of hydrogen-bond donors (Lipinski definition) is 0. The van der Waals surface area contributed by atoms with Crippen LogP contribution >= 0.6 is 0 Å². The van der Waals surface area contributed by atoms with E-state index in [-0.39, 0.29) is 11.5 Å². The van der Waals surface area contributed by atoms with Gasteiger partial charge in [-0.3, -0.25) is 4.79 Å². The zero-order valence-corrected chi connectivity index (χ0v) is 6.77. The number of fused-ring (bicyclic) bond motifs is 1. The topological polar surface area (TPSA) is 53.5 Å². The molecule has 0 heterocycles. The Bertz CT molecular complexity index is 454. The minimum absolute atomic E-state index is 0.0821. The minimum Gasteiger partial charge on any atom is -0.280 e. The number of hydrogen-bond acceptors (Lipinski definition) is 1. The van der Waals surface area contributed by atoms with E-state index < -0.39 is 0 Å². The second-order valence-corrected chi connectivity index (χ2v) is 2.73. The van der Waals surface area contributed by atoms with Gasteiger partial charge in [-0.2, -0.15) is 0 Å². The molecule has 3 heteroatoms. The van der Waals surface area contributed by atoms with E-state index in [2.05, 4.69) is 4.79 Å². The van der Waals surface area contributed by atoms with Crippen molar-refractivity contribution in [2.24, 2.45) is 0 Å². The van der Waals surface area contributed by atoms with Gasteiger partial charge in [0.1, 0.15) is 0 Å². The van der Waals surface area contributed by atoms with Gasteiger partial charge in [0, 0.05) is 11.6 Å². The lowest BCUT2D eigenvalue weighted by Crippen LogP contribution is -2.17. The zero-order chi connectivity index (χ0) is 9.26. The summed E-state index contributed by atoms with van der Waals surface area (Å²) in [4.78, 5) is 14.4. The van der Waals surface area contributed by atoms with Crippen molar-refractivity contribution in [2.75, 3.05) is 0 Å². The molecule has 0 saturated carbocycles. The maximum absolute atomic E-state index is 11.5. The lowest BCUT2D eigenvalue weighted by Gasteiger charge is -2.03. The molecule has 1 radical (unpaired) electrons. The molecule has 0 amide bonds. The fraction of sp³-hybridized carbons (Fsp3) is 0. The van der Waals surface area contributed by atoms with E-state index in [1.807, 2.05) is 12.1 Å². The van der Waals surface area contributed by atoms with Crippen molar-refractivity contribution < 1.29 is 9.58 Å². The van der Waals surface area contributed by atoms with Crippen molar-refractivity contribution in [1.29, 1.82) is 0 Å².